The molecule has 0 saturated heterocycles. The van der Waals surface area contributed by atoms with Crippen molar-refractivity contribution >= 4 is 11.9 Å². The van der Waals surface area contributed by atoms with Crippen molar-refractivity contribution in [2.75, 3.05) is 14.2 Å². The molecule has 0 aromatic rings. The van der Waals surface area contributed by atoms with E-state index >= 15 is 0 Å². The van der Waals surface area contributed by atoms with Crippen molar-refractivity contribution in [3.63, 3.8) is 0 Å². The van der Waals surface area contributed by atoms with Crippen molar-refractivity contribution in [2.45, 2.75) is 0 Å². The van der Waals surface area contributed by atoms with E-state index in [-0.39, 0.29) is 0 Å². The van der Waals surface area contributed by atoms with Gasteiger partial charge in [-0.15, -0.1) is 0 Å². The first kappa shape index (κ1) is 22.8. The van der Waals surface area contributed by atoms with E-state index in [0.29, 0.717) is 0 Å². The Labute approximate surface area is 82.4 Å². The van der Waals surface area contributed by atoms with Crippen molar-refractivity contribution in [2.24, 2.45) is 0 Å². The Morgan fingerprint density at radius 1 is 0.857 bits per heavy atom. The molecule has 14 heavy (non-hydrogen) atoms. The average molecular weight is 208 g/mol. The van der Waals surface area contributed by atoms with Crippen LogP contribution < -0.4 is 0 Å². The molecule has 0 fully saturated rings. The van der Waals surface area contributed by atoms with Crippen LogP contribution in [0.15, 0.2) is 25.3 Å². The molecule has 0 aromatic carbocycles. The summed E-state index contributed by atoms with van der Waals surface area (Å²) in [6.07, 6.45) is 1.67. The molecule has 0 spiro atoms. The van der Waals surface area contributed by atoms with Gasteiger partial charge in [-0.1, -0.05) is 13.2 Å². The minimum absolute atomic E-state index is 0.833. The lowest BCUT2D eigenvalue weighted by Crippen LogP contribution is -1.82. The summed E-state index contributed by atoms with van der Waals surface area (Å²) >= 11 is 0. The van der Waals surface area contributed by atoms with Crippen molar-refractivity contribution in [3.05, 3.63) is 25.3 Å². The standard InChI is InChI=1S/2C3H4O2.2CH4O/c2*1-2-3(4)5;2*1-2/h2*2H,1H2,(H,4,5);2*2H,1H3. The van der Waals surface area contributed by atoms with Crippen molar-refractivity contribution < 1.29 is 30.0 Å². The van der Waals surface area contributed by atoms with Gasteiger partial charge >= 0.3 is 11.9 Å². The molecular formula is C8H16O6. The number of aliphatic carboxylic acids is 2. The minimum Gasteiger partial charge on any atom is -0.478 e. The first-order valence-corrected chi connectivity index (χ1v) is 3.14. The van der Waals surface area contributed by atoms with Gasteiger partial charge in [0.15, 0.2) is 0 Å². The van der Waals surface area contributed by atoms with Gasteiger partial charge in [-0.2, -0.15) is 0 Å². The monoisotopic (exact) mass is 208 g/mol. The molecule has 0 saturated carbocycles. The molecule has 0 unspecified atom stereocenters. The summed E-state index contributed by atoms with van der Waals surface area (Å²) in [6.45, 7) is 5.92. The second-order valence-electron chi connectivity index (χ2n) is 1.08. The highest BCUT2D eigenvalue weighted by molar-refractivity contribution is 5.79. The van der Waals surface area contributed by atoms with E-state index in [2.05, 4.69) is 13.2 Å². The molecule has 0 heterocycles. The Balaban J connectivity index is -0.0000000528. The second-order valence-corrected chi connectivity index (χ2v) is 1.08. The molecule has 6 heteroatoms. The summed E-state index contributed by atoms with van der Waals surface area (Å²) in [5, 5.41) is 29.2. The van der Waals surface area contributed by atoms with Gasteiger partial charge in [-0.05, 0) is 0 Å². The molecule has 0 bridgehead atoms. The zero-order chi connectivity index (χ0) is 12.6. The Morgan fingerprint density at radius 2 is 0.929 bits per heavy atom. The van der Waals surface area contributed by atoms with E-state index in [1.54, 1.807) is 0 Å². The first-order chi connectivity index (χ1) is 6.54. The summed E-state index contributed by atoms with van der Waals surface area (Å²) in [4.78, 5) is 18.5. The Kier molecular flexibility index (Phi) is 49.2. The number of carbonyl (C=O) groups is 2. The van der Waals surface area contributed by atoms with Gasteiger partial charge in [0, 0.05) is 26.4 Å². The van der Waals surface area contributed by atoms with Crippen LogP contribution >= 0.6 is 0 Å². The van der Waals surface area contributed by atoms with E-state index < -0.39 is 11.9 Å². The Bertz CT molecular complexity index is 134. The highest BCUT2D eigenvalue weighted by Gasteiger charge is 1.73. The fourth-order valence-electron chi connectivity index (χ4n) is 0. The molecule has 6 nitrogen and oxygen atoms in total. The van der Waals surface area contributed by atoms with Crippen molar-refractivity contribution in [3.8, 4) is 0 Å². The number of aliphatic hydroxyl groups is 2. The SMILES string of the molecule is C=CC(=O)O.C=CC(=O)O.CO.CO. The molecule has 4 N–H and O–H groups in total. The second kappa shape index (κ2) is 30.2. The van der Waals surface area contributed by atoms with Crippen LogP contribution in [0.4, 0.5) is 0 Å². The number of hydrogen-bond acceptors (Lipinski definition) is 4. The zero-order valence-corrected chi connectivity index (χ0v) is 8.17. The van der Waals surface area contributed by atoms with Crippen LogP contribution in [0.2, 0.25) is 0 Å². The minimum atomic E-state index is -0.981. The largest absolute Gasteiger partial charge is 0.478 e. The number of carboxylic acid groups (broad SMARTS) is 2. The smallest absolute Gasteiger partial charge is 0.327 e. The van der Waals surface area contributed by atoms with Crippen LogP contribution in [0.3, 0.4) is 0 Å². The predicted molar refractivity (Wildman–Crippen MR) is 52.0 cm³/mol. The maximum Gasteiger partial charge on any atom is 0.327 e. The van der Waals surface area contributed by atoms with Gasteiger partial charge in [-0.3, -0.25) is 0 Å². The van der Waals surface area contributed by atoms with Crippen molar-refractivity contribution in [1.29, 1.82) is 0 Å². The van der Waals surface area contributed by atoms with Gasteiger partial charge in [0.25, 0.3) is 0 Å². The van der Waals surface area contributed by atoms with Gasteiger partial charge in [-0.25, -0.2) is 9.59 Å². The van der Waals surface area contributed by atoms with Crippen LogP contribution in [0.5, 0.6) is 0 Å². The maximum absolute atomic E-state index is 9.25. The molecule has 0 amide bonds. The first-order valence-electron chi connectivity index (χ1n) is 3.14. The molecular weight excluding hydrogens is 192 g/mol. The predicted octanol–water partition coefficient (Wildman–Crippen LogP) is -0.269. The third-order valence-electron chi connectivity index (χ3n) is 0.349. The molecule has 0 radical (unpaired) electrons. The Hall–Kier alpha value is -1.66. The maximum atomic E-state index is 9.25. The third kappa shape index (κ3) is 165. The molecule has 0 aliphatic carbocycles. The lowest BCUT2D eigenvalue weighted by atomic mass is 10.7. The molecule has 0 aliphatic rings. The lowest BCUT2D eigenvalue weighted by Gasteiger charge is -1.64. The molecule has 0 atom stereocenters. The van der Waals surface area contributed by atoms with Gasteiger partial charge in [0.2, 0.25) is 0 Å². The quantitative estimate of drug-likeness (QED) is 0.464. The van der Waals surface area contributed by atoms with Gasteiger partial charge in [0.1, 0.15) is 0 Å². The number of hydrogen-bond donors (Lipinski definition) is 4. The van der Waals surface area contributed by atoms with Gasteiger partial charge < -0.3 is 20.4 Å². The number of carboxylic acids is 2. The van der Waals surface area contributed by atoms with E-state index in [4.69, 9.17) is 20.4 Å². The normalized spacial score (nSPS) is 5.43. The van der Waals surface area contributed by atoms with Crippen LogP contribution in [0, 0.1) is 0 Å². The summed E-state index contributed by atoms with van der Waals surface area (Å²) in [5.74, 6) is -1.96. The van der Waals surface area contributed by atoms with E-state index in [1.165, 1.54) is 0 Å². The highest BCUT2D eigenvalue weighted by atomic mass is 16.4. The molecule has 0 aliphatic heterocycles. The summed E-state index contributed by atoms with van der Waals surface area (Å²) in [5.41, 5.74) is 0. The van der Waals surface area contributed by atoms with Crippen molar-refractivity contribution in [1.82, 2.24) is 0 Å². The van der Waals surface area contributed by atoms with Crippen LogP contribution in [0.25, 0.3) is 0 Å². The van der Waals surface area contributed by atoms with Gasteiger partial charge in [0.05, 0.1) is 0 Å². The third-order valence-corrected chi connectivity index (χ3v) is 0.349. The highest BCUT2D eigenvalue weighted by Crippen LogP contribution is 1.55. The van der Waals surface area contributed by atoms with Crippen LogP contribution in [-0.4, -0.2) is 46.6 Å². The number of rotatable bonds is 2. The van der Waals surface area contributed by atoms with E-state index in [9.17, 15) is 9.59 Å². The van der Waals surface area contributed by atoms with Crippen LogP contribution in [-0.2, 0) is 9.59 Å². The van der Waals surface area contributed by atoms with E-state index in [1.807, 2.05) is 0 Å². The Morgan fingerprint density at radius 3 is 0.929 bits per heavy atom. The van der Waals surface area contributed by atoms with Crippen LogP contribution in [0.1, 0.15) is 0 Å². The summed E-state index contributed by atoms with van der Waals surface area (Å²) in [6, 6.07) is 0. The summed E-state index contributed by atoms with van der Waals surface area (Å²) in [7, 11) is 2.00. The van der Waals surface area contributed by atoms with E-state index in [0.717, 1.165) is 26.4 Å². The molecule has 0 rings (SSSR count). The zero-order valence-electron chi connectivity index (χ0n) is 8.17. The lowest BCUT2D eigenvalue weighted by molar-refractivity contribution is -0.132. The summed E-state index contributed by atoms with van der Waals surface area (Å²) < 4.78 is 0. The number of aliphatic hydroxyl groups excluding tert-OH is 2. The molecule has 0 aromatic heterocycles. The molecule has 84 valence electrons. The topological polar surface area (TPSA) is 115 Å². The average Bonchev–Trinajstić information content (AvgIpc) is 2.24. The fourth-order valence-corrected chi connectivity index (χ4v) is 0. The fraction of sp³-hybridized carbons (Fsp3) is 0.250.